The van der Waals surface area contributed by atoms with Crippen molar-refractivity contribution in [3.05, 3.63) is 17.0 Å². The minimum absolute atomic E-state index is 0.423. The predicted octanol–water partition coefficient (Wildman–Crippen LogP) is 3.68. The fourth-order valence-corrected chi connectivity index (χ4v) is 1.95. The summed E-state index contributed by atoms with van der Waals surface area (Å²) in [6.45, 7) is 6.47. The Labute approximate surface area is 103 Å². The fraction of sp³-hybridized carbons (Fsp3) is 0.667. The Balaban J connectivity index is 2.81. The highest BCUT2D eigenvalue weighted by Gasteiger charge is 2.10. The van der Waals surface area contributed by atoms with Gasteiger partial charge in [-0.05, 0) is 19.8 Å². The maximum absolute atomic E-state index is 6.08. The van der Waals surface area contributed by atoms with Crippen molar-refractivity contribution in [1.29, 1.82) is 0 Å². The summed E-state index contributed by atoms with van der Waals surface area (Å²) in [5, 5.41) is 3.97. The third-order valence-electron chi connectivity index (χ3n) is 2.50. The second-order valence-electron chi connectivity index (χ2n) is 4.08. The molecule has 4 heteroatoms. The molecule has 1 aromatic heterocycles. The Morgan fingerprint density at radius 2 is 2.06 bits per heavy atom. The largest absolute Gasteiger partial charge is 0.367 e. The number of hydrogen-bond acceptors (Lipinski definition) is 3. The zero-order chi connectivity index (χ0) is 12.0. The highest BCUT2D eigenvalue weighted by molar-refractivity contribution is 6.30. The Kier molecular flexibility index (Phi) is 5.53. The molecule has 0 bridgehead atoms. The molecular weight excluding hydrogens is 222 g/mol. The van der Waals surface area contributed by atoms with Crippen LogP contribution in [0.25, 0.3) is 0 Å². The van der Waals surface area contributed by atoms with Gasteiger partial charge >= 0.3 is 0 Å². The van der Waals surface area contributed by atoms with Crippen LogP contribution >= 0.6 is 11.6 Å². The first-order chi connectivity index (χ1) is 7.69. The van der Waals surface area contributed by atoms with Crippen molar-refractivity contribution < 1.29 is 0 Å². The number of nitrogens with one attached hydrogen (secondary N) is 1. The van der Waals surface area contributed by atoms with Gasteiger partial charge in [-0.2, -0.15) is 0 Å². The van der Waals surface area contributed by atoms with Gasteiger partial charge in [0.1, 0.15) is 17.3 Å². The van der Waals surface area contributed by atoms with Gasteiger partial charge in [-0.3, -0.25) is 0 Å². The molecule has 16 heavy (non-hydrogen) atoms. The first kappa shape index (κ1) is 13.2. The van der Waals surface area contributed by atoms with E-state index >= 15 is 0 Å². The van der Waals surface area contributed by atoms with E-state index < -0.39 is 0 Å². The van der Waals surface area contributed by atoms with Gasteiger partial charge in [-0.25, -0.2) is 9.97 Å². The SMILES string of the molecule is CCCc1c(Cl)ncnc1NC(C)CCC. The molecule has 1 unspecified atom stereocenters. The molecule has 0 aliphatic carbocycles. The summed E-state index contributed by atoms with van der Waals surface area (Å²) in [4.78, 5) is 8.30. The number of nitrogens with zero attached hydrogens (tertiary/aromatic N) is 2. The van der Waals surface area contributed by atoms with Crippen LogP contribution in [0.3, 0.4) is 0 Å². The number of halogens is 1. The Morgan fingerprint density at radius 1 is 1.31 bits per heavy atom. The summed E-state index contributed by atoms with van der Waals surface area (Å²) in [7, 11) is 0. The second kappa shape index (κ2) is 6.69. The van der Waals surface area contributed by atoms with E-state index in [9.17, 15) is 0 Å². The van der Waals surface area contributed by atoms with Crippen LogP contribution < -0.4 is 5.32 Å². The summed E-state index contributed by atoms with van der Waals surface area (Å²) >= 11 is 6.08. The molecule has 1 rings (SSSR count). The first-order valence-corrected chi connectivity index (χ1v) is 6.32. The zero-order valence-electron chi connectivity index (χ0n) is 10.3. The summed E-state index contributed by atoms with van der Waals surface area (Å²) in [5.74, 6) is 0.891. The maximum atomic E-state index is 6.08. The number of aromatic nitrogens is 2. The zero-order valence-corrected chi connectivity index (χ0v) is 11.0. The molecule has 90 valence electrons. The van der Waals surface area contributed by atoms with Crippen molar-refractivity contribution in [2.45, 2.75) is 52.5 Å². The standard InChI is InChI=1S/C12H20ClN3/c1-4-6-9(3)16-12-10(7-5-2)11(13)14-8-15-12/h8-9H,4-7H2,1-3H3,(H,14,15,16). The van der Waals surface area contributed by atoms with Crippen molar-refractivity contribution >= 4 is 17.4 Å². The van der Waals surface area contributed by atoms with E-state index in [4.69, 9.17) is 11.6 Å². The third-order valence-corrected chi connectivity index (χ3v) is 2.82. The average Bonchev–Trinajstić information content (AvgIpc) is 2.23. The van der Waals surface area contributed by atoms with Gasteiger partial charge in [0.15, 0.2) is 0 Å². The van der Waals surface area contributed by atoms with Crippen molar-refractivity contribution in [1.82, 2.24) is 9.97 Å². The van der Waals surface area contributed by atoms with E-state index in [0.717, 1.165) is 37.1 Å². The lowest BCUT2D eigenvalue weighted by atomic mass is 10.1. The molecule has 0 aliphatic heterocycles. The van der Waals surface area contributed by atoms with Crippen molar-refractivity contribution in [3.8, 4) is 0 Å². The van der Waals surface area contributed by atoms with E-state index in [1.807, 2.05) is 0 Å². The summed E-state index contributed by atoms with van der Waals surface area (Å²) < 4.78 is 0. The Morgan fingerprint density at radius 3 is 2.69 bits per heavy atom. The van der Waals surface area contributed by atoms with E-state index in [1.54, 1.807) is 0 Å². The van der Waals surface area contributed by atoms with Crippen LogP contribution in [0.2, 0.25) is 5.15 Å². The monoisotopic (exact) mass is 241 g/mol. The van der Waals surface area contributed by atoms with Crippen molar-refractivity contribution in [2.75, 3.05) is 5.32 Å². The molecule has 0 saturated heterocycles. The summed E-state index contributed by atoms with van der Waals surface area (Å²) in [5.41, 5.74) is 1.04. The quantitative estimate of drug-likeness (QED) is 0.772. The Hall–Kier alpha value is -0.830. The lowest BCUT2D eigenvalue weighted by Crippen LogP contribution is -2.17. The molecule has 1 atom stereocenters. The number of rotatable bonds is 6. The van der Waals surface area contributed by atoms with Gasteiger partial charge in [0.25, 0.3) is 0 Å². The van der Waals surface area contributed by atoms with Crippen LogP contribution in [-0.2, 0) is 6.42 Å². The fourth-order valence-electron chi connectivity index (χ4n) is 1.73. The molecule has 0 aliphatic rings. The molecule has 0 saturated carbocycles. The molecule has 1 heterocycles. The summed E-state index contributed by atoms with van der Waals surface area (Å²) in [6.07, 6.45) is 5.77. The van der Waals surface area contributed by atoms with Gasteiger partial charge in [-0.15, -0.1) is 0 Å². The molecule has 0 amide bonds. The smallest absolute Gasteiger partial charge is 0.137 e. The average molecular weight is 242 g/mol. The minimum atomic E-state index is 0.423. The van der Waals surface area contributed by atoms with Crippen molar-refractivity contribution in [2.24, 2.45) is 0 Å². The second-order valence-corrected chi connectivity index (χ2v) is 4.43. The number of hydrogen-bond donors (Lipinski definition) is 1. The van der Waals surface area contributed by atoms with Crippen LogP contribution in [0.15, 0.2) is 6.33 Å². The van der Waals surface area contributed by atoms with E-state index in [-0.39, 0.29) is 0 Å². The molecule has 1 aromatic rings. The lowest BCUT2D eigenvalue weighted by Gasteiger charge is -2.16. The first-order valence-electron chi connectivity index (χ1n) is 5.94. The van der Waals surface area contributed by atoms with E-state index in [1.165, 1.54) is 6.33 Å². The third kappa shape index (κ3) is 3.63. The normalized spacial score (nSPS) is 12.5. The Bertz CT molecular complexity index is 328. The van der Waals surface area contributed by atoms with Gasteiger partial charge in [0.05, 0.1) is 0 Å². The van der Waals surface area contributed by atoms with Gasteiger partial charge < -0.3 is 5.32 Å². The molecule has 1 N–H and O–H groups in total. The van der Waals surface area contributed by atoms with Crippen LogP contribution in [0.1, 0.15) is 45.6 Å². The highest BCUT2D eigenvalue weighted by Crippen LogP contribution is 2.22. The van der Waals surface area contributed by atoms with Crippen molar-refractivity contribution in [3.63, 3.8) is 0 Å². The molecular formula is C12H20ClN3. The van der Waals surface area contributed by atoms with Crippen LogP contribution in [0.4, 0.5) is 5.82 Å². The molecule has 0 spiro atoms. The van der Waals surface area contributed by atoms with Gasteiger partial charge in [-0.1, -0.05) is 38.3 Å². The molecule has 3 nitrogen and oxygen atoms in total. The molecule has 0 radical (unpaired) electrons. The van der Waals surface area contributed by atoms with Crippen LogP contribution in [0, 0.1) is 0 Å². The van der Waals surface area contributed by atoms with E-state index in [2.05, 4.69) is 36.1 Å². The predicted molar refractivity (Wildman–Crippen MR) is 69.0 cm³/mol. The topological polar surface area (TPSA) is 37.8 Å². The van der Waals surface area contributed by atoms with Gasteiger partial charge in [0.2, 0.25) is 0 Å². The van der Waals surface area contributed by atoms with Gasteiger partial charge in [0, 0.05) is 11.6 Å². The van der Waals surface area contributed by atoms with Crippen LogP contribution in [0.5, 0.6) is 0 Å². The molecule has 0 aromatic carbocycles. The summed E-state index contributed by atoms with van der Waals surface area (Å²) in [6, 6.07) is 0.423. The number of anilines is 1. The minimum Gasteiger partial charge on any atom is -0.367 e. The highest BCUT2D eigenvalue weighted by atomic mass is 35.5. The van der Waals surface area contributed by atoms with Crippen LogP contribution in [-0.4, -0.2) is 16.0 Å². The lowest BCUT2D eigenvalue weighted by molar-refractivity contribution is 0.685. The maximum Gasteiger partial charge on any atom is 0.137 e. The van der Waals surface area contributed by atoms with E-state index in [0.29, 0.717) is 11.2 Å². The molecule has 0 fully saturated rings.